The smallest absolute Gasteiger partial charge is 0.441 e. The quantitative estimate of drug-likeness (QED) is 0.507. The number of halogens is 4. The lowest BCUT2D eigenvalue weighted by atomic mass is 10.1. The summed E-state index contributed by atoms with van der Waals surface area (Å²) in [6.45, 7) is 0. The summed E-state index contributed by atoms with van der Waals surface area (Å²) in [6, 6.07) is 8.24. The van der Waals surface area contributed by atoms with Crippen LogP contribution >= 0.6 is 15.9 Å². The first-order valence-electron chi connectivity index (χ1n) is 7.65. The maximum atomic E-state index is 14.0. The number of carbonyl (C=O) groups is 2. The summed E-state index contributed by atoms with van der Waals surface area (Å²) < 4.78 is 51.8. The zero-order chi connectivity index (χ0) is 20.9. The van der Waals surface area contributed by atoms with Crippen molar-refractivity contribution in [1.29, 1.82) is 0 Å². The molecule has 28 heavy (non-hydrogen) atoms. The van der Waals surface area contributed by atoms with Gasteiger partial charge in [-0.2, -0.15) is 13.2 Å². The minimum absolute atomic E-state index is 0.0303. The molecule has 0 saturated carbocycles. The van der Waals surface area contributed by atoms with E-state index < -0.39 is 23.7 Å². The van der Waals surface area contributed by atoms with E-state index in [4.69, 9.17) is 4.74 Å². The van der Waals surface area contributed by atoms with Crippen LogP contribution < -0.4 is 15.4 Å². The van der Waals surface area contributed by atoms with Crippen molar-refractivity contribution in [3.8, 4) is 5.75 Å². The van der Waals surface area contributed by atoms with Crippen molar-refractivity contribution in [3.05, 3.63) is 52.6 Å². The number of ether oxygens (including phenoxy) is 2. The molecule has 1 aromatic carbocycles. The van der Waals surface area contributed by atoms with E-state index in [1.807, 2.05) is 5.32 Å². The molecule has 11 heteroatoms. The molecule has 1 heterocycles. The molecule has 0 radical (unpaired) electrons. The number of alkyl halides is 3. The molecule has 0 aliphatic carbocycles. The van der Waals surface area contributed by atoms with E-state index in [1.165, 1.54) is 49.7 Å². The van der Waals surface area contributed by atoms with Crippen LogP contribution in [0.5, 0.6) is 5.75 Å². The van der Waals surface area contributed by atoms with Crippen LogP contribution in [0, 0.1) is 0 Å². The predicted molar refractivity (Wildman–Crippen MR) is 96.8 cm³/mol. The summed E-state index contributed by atoms with van der Waals surface area (Å²) in [6.07, 6.45) is -4.05. The van der Waals surface area contributed by atoms with Gasteiger partial charge in [0, 0.05) is 10.7 Å². The number of hydrogen-bond donors (Lipinski definition) is 2. The Labute approximate surface area is 166 Å². The lowest BCUT2D eigenvalue weighted by Gasteiger charge is -2.34. The number of pyridine rings is 1. The van der Waals surface area contributed by atoms with Crippen LogP contribution in [0.3, 0.4) is 0 Å². The number of methoxy groups -OCH3 is 2. The Morgan fingerprint density at radius 3 is 2.32 bits per heavy atom. The number of esters is 1. The maximum absolute atomic E-state index is 14.0. The molecule has 150 valence electrons. The first kappa shape index (κ1) is 21.5. The standard InChI is InChI=1S/C17H15BrF3N3O4/c1-27-12-6-4-3-5-11(12)14(25)24-16(15(26)28-2,17(19,20)21)23-13-8-7-10(18)9-22-13/h3-9H,1-2H3,(H,22,23)(H,24,25). The monoisotopic (exact) mass is 461 g/mol. The van der Waals surface area contributed by atoms with Crippen LogP contribution in [0.25, 0.3) is 0 Å². The van der Waals surface area contributed by atoms with E-state index in [0.717, 1.165) is 7.11 Å². The van der Waals surface area contributed by atoms with Gasteiger partial charge in [-0.15, -0.1) is 0 Å². The molecular weight excluding hydrogens is 447 g/mol. The molecule has 2 rings (SSSR count). The van der Waals surface area contributed by atoms with Crippen molar-refractivity contribution in [2.45, 2.75) is 11.8 Å². The molecule has 1 amide bonds. The third-order valence-electron chi connectivity index (χ3n) is 3.61. The van der Waals surface area contributed by atoms with Crippen LogP contribution in [0.15, 0.2) is 47.1 Å². The lowest BCUT2D eigenvalue weighted by Crippen LogP contribution is -2.69. The van der Waals surface area contributed by atoms with Gasteiger partial charge in [0.05, 0.1) is 19.8 Å². The number of anilines is 1. The third kappa shape index (κ3) is 4.35. The number of para-hydroxylation sites is 1. The number of aromatic nitrogens is 1. The average Bonchev–Trinajstić information content (AvgIpc) is 2.67. The van der Waals surface area contributed by atoms with E-state index in [2.05, 4.69) is 25.7 Å². The Morgan fingerprint density at radius 2 is 1.79 bits per heavy atom. The summed E-state index contributed by atoms with van der Waals surface area (Å²) in [4.78, 5) is 28.5. The molecule has 7 nitrogen and oxygen atoms in total. The van der Waals surface area contributed by atoms with Crippen molar-refractivity contribution < 1.29 is 32.2 Å². The normalized spacial score (nSPS) is 13.2. The highest BCUT2D eigenvalue weighted by Crippen LogP contribution is 2.33. The van der Waals surface area contributed by atoms with E-state index in [9.17, 15) is 22.8 Å². The second-order valence-corrected chi connectivity index (χ2v) is 6.30. The van der Waals surface area contributed by atoms with E-state index >= 15 is 0 Å². The van der Waals surface area contributed by atoms with Crippen molar-refractivity contribution in [2.75, 3.05) is 19.5 Å². The molecule has 0 saturated heterocycles. The van der Waals surface area contributed by atoms with Gasteiger partial charge in [0.15, 0.2) is 0 Å². The summed E-state index contributed by atoms with van der Waals surface area (Å²) in [5.74, 6) is -3.26. The van der Waals surface area contributed by atoms with Gasteiger partial charge in [-0.1, -0.05) is 12.1 Å². The fraction of sp³-hybridized carbons (Fsp3) is 0.235. The fourth-order valence-electron chi connectivity index (χ4n) is 2.26. The summed E-state index contributed by atoms with van der Waals surface area (Å²) in [5.41, 5.74) is -3.78. The van der Waals surface area contributed by atoms with Crippen LogP contribution in [0.4, 0.5) is 19.0 Å². The molecule has 0 fully saturated rings. The maximum Gasteiger partial charge on any atom is 0.441 e. The van der Waals surface area contributed by atoms with Gasteiger partial charge < -0.3 is 20.1 Å². The molecule has 2 aromatic rings. The predicted octanol–water partition coefficient (Wildman–Crippen LogP) is 3.13. The molecule has 0 spiro atoms. The number of benzene rings is 1. The highest BCUT2D eigenvalue weighted by molar-refractivity contribution is 9.10. The summed E-state index contributed by atoms with van der Waals surface area (Å²) in [5, 5.41) is 3.64. The van der Waals surface area contributed by atoms with Crippen molar-refractivity contribution in [2.24, 2.45) is 0 Å². The number of rotatable bonds is 6. The number of hydrogen-bond acceptors (Lipinski definition) is 6. The molecule has 0 aliphatic rings. The minimum Gasteiger partial charge on any atom is -0.496 e. The van der Waals surface area contributed by atoms with E-state index in [1.54, 1.807) is 5.32 Å². The van der Waals surface area contributed by atoms with Crippen LogP contribution in [0.1, 0.15) is 10.4 Å². The van der Waals surface area contributed by atoms with Gasteiger partial charge in [0.1, 0.15) is 11.6 Å². The zero-order valence-electron chi connectivity index (χ0n) is 14.6. The van der Waals surface area contributed by atoms with Crippen LogP contribution in [0.2, 0.25) is 0 Å². The molecule has 1 aromatic heterocycles. The average molecular weight is 462 g/mol. The zero-order valence-corrected chi connectivity index (χ0v) is 16.2. The van der Waals surface area contributed by atoms with E-state index in [0.29, 0.717) is 4.47 Å². The molecule has 1 unspecified atom stereocenters. The van der Waals surface area contributed by atoms with Gasteiger partial charge in [-0.05, 0) is 40.2 Å². The van der Waals surface area contributed by atoms with Crippen molar-refractivity contribution >= 4 is 33.6 Å². The van der Waals surface area contributed by atoms with E-state index in [-0.39, 0.29) is 17.1 Å². The second-order valence-electron chi connectivity index (χ2n) is 5.38. The molecule has 0 bridgehead atoms. The third-order valence-corrected chi connectivity index (χ3v) is 4.08. The molecule has 2 N–H and O–H groups in total. The molecular formula is C17H15BrF3N3O4. The first-order chi connectivity index (χ1) is 13.1. The Kier molecular flexibility index (Phi) is 6.49. The Hall–Kier alpha value is -2.82. The van der Waals surface area contributed by atoms with Crippen molar-refractivity contribution in [1.82, 2.24) is 10.3 Å². The highest BCUT2D eigenvalue weighted by Gasteiger charge is 2.63. The lowest BCUT2D eigenvalue weighted by molar-refractivity contribution is -0.203. The Bertz CT molecular complexity index is 861. The van der Waals surface area contributed by atoms with Gasteiger partial charge >= 0.3 is 17.8 Å². The topological polar surface area (TPSA) is 89.5 Å². The highest BCUT2D eigenvalue weighted by atomic mass is 79.9. The number of nitrogens with zero attached hydrogens (tertiary/aromatic N) is 1. The Morgan fingerprint density at radius 1 is 1.11 bits per heavy atom. The number of amides is 1. The molecule has 0 aliphatic heterocycles. The van der Waals surface area contributed by atoms with Gasteiger partial charge in [0.2, 0.25) is 0 Å². The van der Waals surface area contributed by atoms with Gasteiger partial charge in [0.25, 0.3) is 5.91 Å². The number of carbonyl (C=O) groups excluding carboxylic acids is 2. The van der Waals surface area contributed by atoms with Gasteiger partial charge in [-0.3, -0.25) is 4.79 Å². The molecule has 1 atom stereocenters. The SMILES string of the molecule is COC(=O)C(NC(=O)c1ccccc1OC)(Nc1ccc(Br)cn1)C(F)(F)F. The fourth-order valence-corrected chi connectivity index (χ4v) is 2.49. The Balaban J connectivity index is 2.51. The largest absolute Gasteiger partial charge is 0.496 e. The second kappa shape index (κ2) is 8.46. The van der Waals surface area contributed by atoms with Crippen molar-refractivity contribution in [3.63, 3.8) is 0 Å². The first-order valence-corrected chi connectivity index (χ1v) is 8.44. The number of nitrogens with one attached hydrogen (secondary N) is 2. The van der Waals surface area contributed by atoms with Crippen LogP contribution in [-0.2, 0) is 9.53 Å². The minimum atomic E-state index is -5.27. The summed E-state index contributed by atoms with van der Waals surface area (Å²) >= 11 is 3.11. The van der Waals surface area contributed by atoms with Crippen LogP contribution in [-0.4, -0.2) is 42.9 Å². The van der Waals surface area contributed by atoms with Gasteiger partial charge in [-0.25, -0.2) is 9.78 Å². The summed E-state index contributed by atoms with van der Waals surface area (Å²) in [7, 11) is 2.03.